The van der Waals surface area contributed by atoms with Gasteiger partial charge in [0.05, 0.1) is 12.8 Å². The smallest absolute Gasteiger partial charge is 0.142 e. The maximum absolute atomic E-state index is 5.95. The maximum Gasteiger partial charge on any atom is 0.142 e. The highest BCUT2D eigenvalue weighted by molar-refractivity contribution is 5.58. The highest BCUT2D eigenvalue weighted by Crippen LogP contribution is 2.28. The van der Waals surface area contributed by atoms with E-state index in [4.69, 9.17) is 10.5 Å². The average Bonchev–Trinajstić information content (AvgIpc) is 2.24. The van der Waals surface area contributed by atoms with Crippen LogP contribution in [0.15, 0.2) is 18.2 Å². The molecule has 17 heavy (non-hydrogen) atoms. The molecule has 0 radical (unpaired) electrons. The number of hydrogen-bond donors (Lipinski definition) is 2. The molecule has 0 spiro atoms. The third-order valence-corrected chi connectivity index (χ3v) is 2.63. The summed E-state index contributed by atoms with van der Waals surface area (Å²) in [5.74, 6) is 1.38. The summed E-state index contributed by atoms with van der Waals surface area (Å²) in [7, 11) is 1.69. The molecule has 96 valence electrons. The lowest BCUT2D eigenvalue weighted by molar-refractivity contribution is 0.415. The number of hydrogen-bond acceptors (Lipinski definition) is 3. The summed E-state index contributed by atoms with van der Waals surface area (Å²) in [6, 6.07) is 6.26. The van der Waals surface area contributed by atoms with Gasteiger partial charge in [0.15, 0.2) is 0 Å². The van der Waals surface area contributed by atoms with Gasteiger partial charge < -0.3 is 15.8 Å². The quantitative estimate of drug-likeness (QED) is 0.826. The first-order valence-electron chi connectivity index (χ1n) is 6.04. The molecule has 0 aliphatic rings. The van der Waals surface area contributed by atoms with Crippen LogP contribution in [0.3, 0.4) is 0 Å². The largest absolute Gasteiger partial charge is 0.495 e. The fourth-order valence-electron chi connectivity index (χ4n) is 1.54. The van der Waals surface area contributed by atoms with Crippen molar-refractivity contribution in [1.29, 1.82) is 0 Å². The van der Waals surface area contributed by atoms with Crippen molar-refractivity contribution in [2.24, 2.45) is 5.73 Å². The molecule has 0 saturated heterocycles. The molecule has 0 amide bonds. The summed E-state index contributed by atoms with van der Waals surface area (Å²) in [6.07, 6.45) is 0. The van der Waals surface area contributed by atoms with Gasteiger partial charge in [0.25, 0.3) is 0 Å². The summed E-state index contributed by atoms with van der Waals surface area (Å²) >= 11 is 0. The SMILES string of the molecule is COc1cc(C(C)C)ccc1NCC(C)(C)N. The molecule has 0 bridgehead atoms. The van der Waals surface area contributed by atoms with Crippen LogP contribution in [0.5, 0.6) is 5.75 Å². The molecule has 0 fully saturated rings. The van der Waals surface area contributed by atoms with Crippen molar-refractivity contribution in [3.05, 3.63) is 23.8 Å². The van der Waals surface area contributed by atoms with E-state index in [1.54, 1.807) is 7.11 Å². The lowest BCUT2D eigenvalue weighted by Crippen LogP contribution is -2.39. The van der Waals surface area contributed by atoms with Crippen LogP contribution in [-0.4, -0.2) is 19.2 Å². The van der Waals surface area contributed by atoms with E-state index in [9.17, 15) is 0 Å². The second kappa shape index (κ2) is 5.41. The Morgan fingerprint density at radius 2 is 2.00 bits per heavy atom. The fourth-order valence-corrected chi connectivity index (χ4v) is 1.54. The zero-order valence-corrected chi connectivity index (χ0v) is 11.5. The van der Waals surface area contributed by atoms with Crippen molar-refractivity contribution >= 4 is 5.69 Å². The van der Waals surface area contributed by atoms with Crippen LogP contribution >= 0.6 is 0 Å². The summed E-state index contributed by atoms with van der Waals surface area (Å²) in [4.78, 5) is 0. The second-order valence-electron chi connectivity index (χ2n) is 5.46. The van der Waals surface area contributed by atoms with Gasteiger partial charge in [-0.05, 0) is 37.5 Å². The van der Waals surface area contributed by atoms with Crippen LogP contribution in [-0.2, 0) is 0 Å². The molecule has 1 rings (SSSR count). The van der Waals surface area contributed by atoms with Crippen molar-refractivity contribution in [2.45, 2.75) is 39.2 Å². The van der Waals surface area contributed by atoms with Crippen molar-refractivity contribution in [1.82, 2.24) is 0 Å². The highest BCUT2D eigenvalue weighted by atomic mass is 16.5. The van der Waals surface area contributed by atoms with E-state index < -0.39 is 0 Å². The molecule has 0 aliphatic carbocycles. The van der Waals surface area contributed by atoms with E-state index in [-0.39, 0.29) is 5.54 Å². The summed E-state index contributed by atoms with van der Waals surface area (Å²) in [6.45, 7) is 9.05. The Balaban J connectivity index is 2.86. The van der Waals surface area contributed by atoms with E-state index in [0.717, 1.165) is 11.4 Å². The van der Waals surface area contributed by atoms with Crippen molar-refractivity contribution in [3.63, 3.8) is 0 Å². The predicted molar refractivity (Wildman–Crippen MR) is 73.8 cm³/mol. The maximum atomic E-state index is 5.95. The molecule has 1 aromatic carbocycles. The molecule has 0 unspecified atom stereocenters. The topological polar surface area (TPSA) is 47.3 Å². The van der Waals surface area contributed by atoms with Gasteiger partial charge in [0, 0.05) is 12.1 Å². The first kappa shape index (κ1) is 13.8. The number of nitrogens with one attached hydrogen (secondary N) is 1. The van der Waals surface area contributed by atoms with Crippen molar-refractivity contribution in [2.75, 3.05) is 19.0 Å². The van der Waals surface area contributed by atoms with Gasteiger partial charge in [0.1, 0.15) is 5.75 Å². The Morgan fingerprint density at radius 3 is 2.47 bits per heavy atom. The monoisotopic (exact) mass is 236 g/mol. The molecule has 0 heterocycles. The van der Waals surface area contributed by atoms with Gasteiger partial charge in [-0.25, -0.2) is 0 Å². The Hall–Kier alpha value is -1.22. The summed E-state index contributed by atoms with van der Waals surface area (Å²) < 4.78 is 5.40. The van der Waals surface area contributed by atoms with Crippen molar-refractivity contribution < 1.29 is 4.74 Å². The zero-order valence-electron chi connectivity index (χ0n) is 11.5. The van der Waals surface area contributed by atoms with E-state index in [0.29, 0.717) is 12.5 Å². The van der Waals surface area contributed by atoms with Crippen LogP contribution in [0.2, 0.25) is 0 Å². The Morgan fingerprint density at radius 1 is 1.35 bits per heavy atom. The zero-order chi connectivity index (χ0) is 13.1. The number of anilines is 1. The molecule has 0 atom stereocenters. The van der Waals surface area contributed by atoms with E-state index in [2.05, 4.69) is 37.4 Å². The molecule has 0 saturated carbocycles. The van der Waals surface area contributed by atoms with E-state index >= 15 is 0 Å². The molecule has 0 aliphatic heterocycles. The number of benzene rings is 1. The molecule has 3 nitrogen and oxygen atoms in total. The van der Waals surface area contributed by atoms with Gasteiger partial charge >= 0.3 is 0 Å². The van der Waals surface area contributed by atoms with Gasteiger partial charge in [0.2, 0.25) is 0 Å². The Labute approximate surface area is 104 Å². The number of ether oxygens (including phenoxy) is 1. The average molecular weight is 236 g/mol. The molecule has 3 N–H and O–H groups in total. The minimum absolute atomic E-state index is 0.234. The van der Waals surface area contributed by atoms with Crippen LogP contribution < -0.4 is 15.8 Å². The number of nitrogens with two attached hydrogens (primary N) is 1. The minimum Gasteiger partial charge on any atom is -0.495 e. The van der Waals surface area contributed by atoms with Crippen LogP contribution in [0, 0.1) is 0 Å². The third-order valence-electron chi connectivity index (χ3n) is 2.63. The lowest BCUT2D eigenvalue weighted by atomic mass is 10.0. The van der Waals surface area contributed by atoms with Gasteiger partial charge in [-0.1, -0.05) is 19.9 Å². The van der Waals surface area contributed by atoms with E-state index in [1.165, 1.54) is 5.56 Å². The molecule has 0 aromatic heterocycles. The summed E-state index contributed by atoms with van der Waals surface area (Å²) in [5, 5.41) is 3.32. The first-order chi connectivity index (χ1) is 7.83. The van der Waals surface area contributed by atoms with Crippen LogP contribution in [0.25, 0.3) is 0 Å². The first-order valence-corrected chi connectivity index (χ1v) is 6.04. The van der Waals surface area contributed by atoms with Gasteiger partial charge in [-0.15, -0.1) is 0 Å². The molecule has 1 aromatic rings. The normalized spacial score (nSPS) is 11.7. The second-order valence-corrected chi connectivity index (χ2v) is 5.46. The van der Waals surface area contributed by atoms with E-state index in [1.807, 2.05) is 13.8 Å². The minimum atomic E-state index is -0.234. The Kier molecular flexibility index (Phi) is 4.40. The van der Waals surface area contributed by atoms with Crippen LogP contribution in [0.1, 0.15) is 39.2 Å². The Bertz CT molecular complexity index is 367. The number of rotatable bonds is 5. The van der Waals surface area contributed by atoms with Gasteiger partial charge in [-0.3, -0.25) is 0 Å². The molecular weight excluding hydrogens is 212 g/mol. The predicted octanol–water partition coefficient (Wildman–Crippen LogP) is 2.97. The van der Waals surface area contributed by atoms with Crippen LogP contribution in [0.4, 0.5) is 5.69 Å². The molecule has 3 heteroatoms. The fraction of sp³-hybridized carbons (Fsp3) is 0.571. The standard InChI is InChI=1S/C14H24N2O/c1-10(2)11-6-7-12(13(8-11)17-5)16-9-14(3,4)15/h6-8,10,16H,9,15H2,1-5H3. The summed E-state index contributed by atoms with van der Waals surface area (Å²) in [5.41, 5.74) is 7.99. The lowest BCUT2D eigenvalue weighted by Gasteiger charge is -2.21. The highest BCUT2D eigenvalue weighted by Gasteiger charge is 2.12. The van der Waals surface area contributed by atoms with Crippen molar-refractivity contribution in [3.8, 4) is 5.75 Å². The van der Waals surface area contributed by atoms with Gasteiger partial charge in [-0.2, -0.15) is 0 Å². The third kappa shape index (κ3) is 4.27. The molecular formula is C14H24N2O. The number of methoxy groups -OCH3 is 1.